The maximum atomic E-state index is 13.8. The first-order valence-electron chi connectivity index (χ1n) is 7.79. The predicted octanol–water partition coefficient (Wildman–Crippen LogP) is 2.59. The standard InChI is InChI=1S/C18H17F2NO4/c19-12-4-5-13(15(20)8-12)16(22)10-21-6-7-25-17-11(9-21)2-1-3-14(17)18(23)24/h1-5,8,16,22H,6-7,9-10H2,(H,23,24). The third-order valence-corrected chi connectivity index (χ3v) is 4.13. The Morgan fingerprint density at radius 2 is 2.08 bits per heavy atom. The lowest BCUT2D eigenvalue weighted by Gasteiger charge is -2.23. The molecule has 0 aliphatic carbocycles. The first kappa shape index (κ1) is 17.3. The number of benzene rings is 2. The monoisotopic (exact) mass is 349 g/mol. The first-order chi connectivity index (χ1) is 12.0. The van der Waals surface area contributed by atoms with Crippen LogP contribution in [0.4, 0.5) is 8.78 Å². The van der Waals surface area contributed by atoms with Gasteiger partial charge in [-0.05, 0) is 12.1 Å². The molecule has 3 rings (SSSR count). The van der Waals surface area contributed by atoms with E-state index in [1.54, 1.807) is 12.1 Å². The van der Waals surface area contributed by atoms with Crippen LogP contribution in [-0.4, -0.2) is 40.8 Å². The molecule has 2 aromatic carbocycles. The Morgan fingerprint density at radius 1 is 1.28 bits per heavy atom. The number of nitrogens with zero attached hydrogens (tertiary/aromatic N) is 1. The van der Waals surface area contributed by atoms with Crippen molar-refractivity contribution in [2.24, 2.45) is 0 Å². The van der Waals surface area contributed by atoms with E-state index in [2.05, 4.69) is 0 Å². The second-order valence-corrected chi connectivity index (χ2v) is 5.86. The molecule has 1 heterocycles. The molecule has 1 unspecified atom stereocenters. The number of hydrogen-bond donors (Lipinski definition) is 2. The van der Waals surface area contributed by atoms with E-state index in [4.69, 9.17) is 4.74 Å². The fourth-order valence-corrected chi connectivity index (χ4v) is 2.92. The van der Waals surface area contributed by atoms with Crippen LogP contribution in [0.2, 0.25) is 0 Å². The summed E-state index contributed by atoms with van der Waals surface area (Å²) >= 11 is 0. The van der Waals surface area contributed by atoms with Gasteiger partial charge >= 0.3 is 5.97 Å². The summed E-state index contributed by atoms with van der Waals surface area (Å²) in [4.78, 5) is 13.1. The van der Waals surface area contributed by atoms with Crippen LogP contribution < -0.4 is 4.74 Å². The van der Waals surface area contributed by atoms with Crippen LogP contribution in [0.25, 0.3) is 0 Å². The van der Waals surface area contributed by atoms with Crippen molar-refractivity contribution in [1.29, 1.82) is 0 Å². The average Bonchev–Trinajstić information content (AvgIpc) is 2.75. The van der Waals surface area contributed by atoms with Crippen LogP contribution >= 0.6 is 0 Å². The summed E-state index contributed by atoms with van der Waals surface area (Å²) in [5.74, 6) is -2.25. The summed E-state index contributed by atoms with van der Waals surface area (Å²) in [5, 5.41) is 19.5. The van der Waals surface area contributed by atoms with E-state index in [9.17, 15) is 23.8 Å². The van der Waals surface area contributed by atoms with E-state index in [1.165, 1.54) is 12.1 Å². The van der Waals surface area contributed by atoms with Gasteiger partial charge in [0.25, 0.3) is 0 Å². The molecule has 0 saturated heterocycles. The van der Waals surface area contributed by atoms with Gasteiger partial charge in [0.15, 0.2) is 0 Å². The van der Waals surface area contributed by atoms with Crippen molar-refractivity contribution in [2.75, 3.05) is 19.7 Å². The zero-order valence-electron chi connectivity index (χ0n) is 13.3. The number of rotatable bonds is 4. The van der Waals surface area contributed by atoms with Crippen molar-refractivity contribution in [3.05, 3.63) is 64.7 Å². The number of aromatic carboxylic acids is 1. The second-order valence-electron chi connectivity index (χ2n) is 5.86. The van der Waals surface area contributed by atoms with Crippen LogP contribution in [0.1, 0.15) is 27.6 Å². The molecule has 0 radical (unpaired) electrons. The van der Waals surface area contributed by atoms with Crippen molar-refractivity contribution in [3.63, 3.8) is 0 Å². The van der Waals surface area contributed by atoms with Crippen molar-refractivity contribution in [3.8, 4) is 5.75 Å². The smallest absolute Gasteiger partial charge is 0.339 e. The van der Waals surface area contributed by atoms with Crippen LogP contribution in [0.3, 0.4) is 0 Å². The number of β-amino-alcohol motifs (C(OH)–C–C–N with tert-alkyl or cyclic N) is 1. The van der Waals surface area contributed by atoms with Crippen molar-refractivity contribution >= 4 is 5.97 Å². The number of fused-ring (bicyclic) bond motifs is 1. The Bertz CT molecular complexity index is 797. The summed E-state index contributed by atoms with van der Waals surface area (Å²) in [6.07, 6.45) is -1.13. The van der Waals surface area contributed by atoms with Gasteiger partial charge in [-0.1, -0.05) is 18.2 Å². The number of carbonyl (C=O) groups is 1. The maximum Gasteiger partial charge on any atom is 0.339 e. The zero-order valence-corrected chi connectivity index (χ0v) is 13.3. The highest BCUT2D eigenvalue weighted by Crippen LogP contribution is 2.29. The first-order valence-corrected chi connectivity index (χ1v) is 7.79. The van der Waals surface area contributed by atoms with Crippen LogP contribution in [0.5, 0.6) is 5.75 Å². The third kappa shape index (κ3) is 3.78. The minimum absolute atomic E-state index is 0.0195. The van der Waals surface area contributed by atoms with Gasteiger partial charge in [0, 0.05) is 36.8 Å². The normalized spacial score (nSPS) is 15.8. The van der Waals surface area contributed by atoms with Crippen LogP contribution in [0.15, 0.2) is 36.4 Å². The van der Waals surface area contributed by atoms with Gasteiger partial charge in [-0.3, -0.25) is 4.90 Å². The van der Waals surface area contributed by atoms with E-state index in [-0.39, 0.29) is 24.3 Å². The molecule has 5 nitrogen and oxygen atoms in total. The lowest BCUT2D eigenvalue weighted by molar-refractivity contribution is 0.0692. The number of carboxylic acids is 1. The summed E-state index contributed by atoms with van der Waals surface area (Å²) in [7, 11) is 0. The largest absolute Gasteiger partial charge is 0.491 e. The molecule has 0 amide bonds. The second kappa shape index (κ2) is 7.16. The molecule has 0 spiro atoms. The number of ether oxygens (including phenoxy) is 1. The Labute approximate surface area is 143 Å². The average molecular weight is 349 g/mol. The molecule has 2 aromatic rings. The van der Waals surface area contributed by atoms with Gasteiger partial charge in [-0.15, -0.1) is 0 Å². The molecule has 132 valence electrons. The zero-order chi connectivity index (χ0) is 18.0. The highest BCUT2D eigenvalue weighted by molar-refractivity contribution is 5.91. The summed E-state index contributed by atoms with van der Waals surface area (Å²) in [6.45, 7) is 1.16. The fraction of sp³-hybridized carbons (Fsp3) is 0.278. The minimum Gasteiger partial charge on any atom is -0.491 e. The van der Waals surface area contributed by atoms with Gasteiger partial charge in [-0.25, -0.2) is 13.6 Å². The highest BCUT2D eigenvalue weighted by Gasteiger charge is 2.23. The number of para-hydroxylation sites is 1. The number of halogens is 2. The Balaban J connectivity index is 1.78. The number of aliphatic hydroxyl groups is 1. The van der Waals surface area contributed by atoms with E-state index in [0.717, 1.165) is 12.1 Å². The number of aliphatic hydroxyl groups excluding tert-OH is 1. The molecule has 1 aliphatic rings. The van der Waals surface area contributed by atoms with Crippen molar-refractivity contribution in [2.45, 2.75) is 12.6 Å². The molecule has 0 saturated carbocycles. The molecule has 0 fully saturated rings. The predicted molar refractivity (Wildman–Crippen MR) is 85.5 cm³/mol. The molecule has 7 heteroatoms. The molecule has 25 heavy (non-hydrogen) atoms. The van der Waals surface area contributed by atoms with Gasteiger partial charge in [0.2, 0.25) is 0 Å². The lowest BCUT2D eigenvalue weighted by Crippen LogP contribution is -2.30. The minimum atomic E-state index is -1.13. The third-order valence-electron chi connectivity index (χ3n) is 4.13. The van der Waals surface area contributed by atoms with Crippen molar-refractivity contribution < 1.29 is 28.5 Å². The number of hydrogen-bond acceptors (Lipinski definition) is 4. The molecular weight excluding hydrogens is 332 g/mol. The van der Waals surface area contributed by atoms with Gasteiger partial charge in [0.05, 0.1) is 6.10 Å². The Kier molecular flexibility index (Phi) is 4.96. The molecule has 1 aliphatic heterocycles. The highest BCUT2D eigenvalue weighted by atomic mass is 19.1. The van der Waals surface area contributed by atoms with Crippen LogP contribution in [0, 0.1) is 11.6 Å². The van der Waals surface area contributed by atoms with E-state index in [0.29, 0.717) is 24.4 Å². The van der Waals surface area contributed by atoms with E-state index >= 15 is 0 Å². The molecule has 0 aromatic heterocycles. The van der Waals surface area contributed by atoms with Gasteiger partial charge in [0.1, 0.15) is 29.6 Å². The Hall–Kier alpha value is -2.51. The lowest BCUT2D eigenvalue weighted by atomic mass is 10.1. The molecular formula is C18H17F2NO4. The molecule has 1 atom stereocenters. The maximum absolute atomic E-state index is 13.8. The summed E-state index contributed by atoms with van der Waals surface area (Å²) < 4.78 is 32.4. The molecule has 0 bridgehead atoms. The van der Waals surface area contributed by atoms with Gasteiger partial charge in [-0.2, -0.15) is 0 Å². The van der Waals surface area contributed by atoms with Crippen LogP contribution in [-0.2, 0) is 6.54 Å². The molecule has 2 N–H and O–H groups in total. The van der Waals surface area contributed by atoms with Gasteiger partial charge < -0.3 is 14.9 Å². The fourth-order valence-electron chi connectivity index (χ4n) is 2.92. The van der Waals surface area contributed by atoms with Crippen molar-refractivity contribution in [1.82, 2.24) is 4.90 Å². The SMILES string of the molecule is O=C(O)c1cccc2c1OCCN(CC(O)c1ccc(F)cc1F)C2. The quantitative estimate of drug-likeness (QED) is 0.888. The number of carboxylic acid groups (broad SMARTS) is 1. The summed E-state index contributed by atoms with van der Waals surface area (Å²) in [5.41, 5.74) is 0.791. The topological polar surface area (TPSA) is 70.0 Å². The Morgan fingerprint density at radius 3 is 2.80 bits per heavy atom. The van der Waals surface area contributed by atoms with E-state index < -0.39 is 23.7 Å². The van der Waals surface area contributed by atoms with E-state index in [1.807, 2.05) is 4.90 Å². The summed E-state index contributed by atoms with van der Waals surface area (Å²) in [6, 6.07) is 7.91.